The van der Waals surface area contributed by atoms with Crippen LogP contribution in [0, 0.1) is 0 Å². The SMILES string of the molecule is C=CCn1c(N)nnc1SC. The second-order valence-corrected chi connectivity index (χ2v) is 2.72. The number of hydrogen-bond donors (Lipinski definition) is 1. The van der Waals surface area contributed by atoms with E-state index in [1.807, 2.05) is 6.26 Å². The monoisotopic (exact) mass is 170 g/mol. The van der Waals surface area contributed by atoms with Crippen LogP contribution in [-0.2, 0) is 6.54 Å². The lowest BCUT2D eigenvalue weighted by Gasteiger charge is -2.00. The number of nitrogens with zero attached hydrogens (tertiary/aromatic N) is 3. The maximum atomic E-state index is 5.53. The first-order valence-corrected chi connectivity index (χ1v) is 4.35. The minimum absolute atomic E-state index is 0.439. The van der Waals surface area contributed by atoms with Gasteiger partial charge in [-0.25, -0.2) is 0 Å². The minimum atomic E-state index is 0.439. The Hall–Kier alpha value is -0.970. The van der Waals surface area contributed by atoms with Crippen LogP contribution in [0.3, 0.4) is 0 Å². The van der Waals surface area contributed by atoms with Crippen molar-refractivity contribution in [3.63, 3.8) is 0 Å². The summed E-state index contributed by atoms with van der Waals surface area (Å²) in [6.45, 7) is 4.27. The third-order valence-electron chi connectivity index (χ3n) is 1.24. The molecular formula is C6H10N4S. The molecule has 0 fully saturated rings. The largest absolute Gasteiger partial charge is 0.368 e. The number of thioether (sulfide) groups is 1. The van der Waals surface area contributed by atoms with Crippen molar-refractivity contribution >= 4 is 17.7 Å². The molecule has 0 spiro atoms. The second-order valence-electron chi connectivity index (χ2n) is 1.94. The average molecular weight is 170 g/mol. The molecule has 0 aliphatic rings. The maximum Gasteiger partial charge on any atom is 0.222 e. The van der Waals surface area contributed by atoms with E-state index in [1.165, 1.54) is 11.8 Å². The molecule has 0 aliphatic heterocycles. The van der Waals surface area contributed by atoms with Gasteiger partial charge in [0.2, 0.25) is 5.95 Å². The van der Waals surface area contributed by atoms with Gasteiger partial charge in [-0.1, -0.05) is 17.8 Å². The summed E-state index contributed by atoms with van der Waals surface area (Å²) in [4.78, 5) is 0. The third-order valence-corrected chi connectivity index (χ3v) is 1.91. The molecule has 0 aromatic carbocycles. The molecule has 1 rings (SSSR count). The van der Waals surface area contributed by atoms with E-state index >= 15 is 0 Å². The summed E-state index contributed by atoms with van der Waals surface area (Å²) in [7, 11) is 0. The summed E-state index contributed by atoms with van der Waals surface area (Å²) in [6, 6.07) is 0. The Balaban J connectivity index is 2.96. The summed E-state index contributed by atoms with van der Waals surface area (Å²) in [5.74, 6) is 0.439. The number of hydrogen-bond acceptors (Lipinski definition) is 4. The van der Waals surface area contributed by atoms with Crippen LogP contribution in [0.25, 0.3) is 0 Å². The smallest absolute Gasteiger partial charge is 0.222 e. The van der Waals surface area contributed by atoms with E-state index in [0.717, 1.165) is 5.16 Å². The van der Waals surface area contributed by atoms with E-state index in [2.05, 4.69) is 16.8 Å². The second kappa shape index (κ2) is 3.43. The van der Waals surface area contributed by atoms with Gasteiger partial charge in [0.1, 0.15) is 0 Å². The Kier molecular flexibility index (Phi) is 2.53. The molecule has 0 aliphatic carbocycles. The summed E-state index contributed by atoms with van der Waals surface area (Å²) in [5, 5.41) is 8.41. The van der Waals surface area contributed by atoms with E-state index in [1.54, 1.807) is 10.6 Å². The Morgan fingerprint density at radius 3 is 3.00 bits per heavy atom. The van der Waals surface area contributed by atoms with Crippen molar-refractivity contribution < 1.29 is 0 Å². The van der Waals surface area contributed by atoms with Gasteiger partial charge < -0.3 is 5.73 Å². The Morgan fingerprint density at radius 2 is 2.45 bits per heavy atom. The van der Waals surface area contributed by atoms with E-state index in [9.17, 15) is 0 Å². The highest BCUT2D eigenvalue weighted by molar-refractivity contribution is 7.98. The molecule has 5 heteroatoms. The van der Waals surface area contributed by atoms with Crippen LogP contribution in [0.5, 0.6) is 0 Å². The summed E-state index contributed by atoms with van der Waals surface area (Å²) < 4.78 is 1.80. The standard InChI is InChI=1S/C6H10N4S/c1-3-4-10-5(7)8-9-6(10)11-2/h3H,1,4H2,2H3,(H2,7,8). The highest BCUT2D eigenvalue weighted by Gasteiger charge is 2.04. The molecule has 4 nitrogen and oxygen atoms in total. The van der Waals surface area contributed by atoms with Gasteiger partial charge in [-0.05, 0) is 6.26 Å². The average Bonchev–Trinajstić information content (AvgIpc) is 2.34. The van der Waals surface area contributed by atoms with Gasteiger partial charge in [-0.3, -0.25) is 4.57 Å². The highest BCUT2D eigenvalue weighted by atomic mass is 32.2. The number of nitrogens with two attached hydrogens (primary N) is 1. The molecule has 2 N–H and O–H groups in total. The summed E-state index contributed by atoms with van der Waals surface area (Å²) in [5.41, 5.74) is 5.53. The van der Waals surface area contributed by atoms with Gasteiger partial charge in [0, 0.05) is 6.54 Å². The molecule has 0 bridgehead atoms. The van der Waals surface area contributed by atoms with Crippen molar-refractivity contribution in [3.05, 3.63) is 12.7 Å². The predicted molar refractivity (Wildman–Crippen MR) is 46.4 cm³/mol. The maximum absolute atomic E-state index is 5.53. The summed E-state index contributed by atoms with van der Waals surface area (Å²) in [6.07, 6.45) is 3.70. The first-order valence-electron chi connectivity index (χ1n) is 3.13. The van der Waals surface area contributed by atoms with Gasteiger partial charge in [-0.2, -0.15) is 0 Å². The van der Waals surface area contributed by atoms with Gasteiger partial charge in [0.05, 0.1) is 0 Å². The third kappa shape index (κ3) is 1.54. The van der Waals surface area contributed by atoms with Crippen molar-refractivity contribution in [2.75, 3.05) is 12.0 Å². The molecule has 60 valence electrons. The van der Waals surface area contributed by atoms with Gasteiger partial charge in [0.15, 0.2) is 5.16 Å². The molecule has 1 heterocycles. The molecule has 1 aromatic heterocycles. The Morgan fingerprint density at radius 1 is 1.73 bits per heavy atom. The fourth-order valence-corrected chi connectivity index (χ4v) is 1.26. The van der Waals surface area contributed by atoms with Crippen LogP contribution >= 0.6 is 11.8 Å². The number of anilines is 1. The molecule has 0 radical (unpaired) electrons. The molecular weight excluding hydrogens is 160 g/mol. The molecule has 0 amide bonds. The van der Waals surface area contributed by atoms with Gasteiger partial charge >= 0.3 is 0 Å². The first kappa shape index (κ1) is 8.13. The number of allylic oxidation sites excluding steroid dienone is 1. The topological polar surface area (TPSA) is 56.7 Å². The molecule has 0 unspecified atom stereocenters. The first-order chi connectivity index (χ1) is 5.29. The Labute approximate surface area is 69.5 Å². The van der Waals surface area contributed by atoms with Crippen LogP contribution < -0.4 is 5.73 Å². The minimum Gasteiger partial charge on any atom is -0.368 e. The number of aromatic nitrogens is 3. The lowest BCUT2D eigenvalue weighted by atomic mass is 10.6. The van der Waals surface area contributed by atoms with Crippen LogP contribution in [0.1, 0.15) is 0 Å². The van der Waals surface area contributed by atoms with Gasteiger partial charge in [0.25, 0.3) is 0 Å². The lowest BCUT2D eigenvalue weighted by Crippen LogP contribution is -2.02. The molecule has 0 atom stereocenters. The summed E-state index contributed by atoms with van der Waals surface area (Å²) >= 11 is 1.52. The number of nitrogen functional groups attached to an aromatic ring is 1. The van der Waals surface area contributed by atoms with Crippen molar-refractivity contribution in [2.24, 2.45) is 0 Å². The Bertz CT molecular complexity index is 255. The lowest BCUT2D eigenvalue weighted by molar-refractivity contribution is 0.734. The number of rotatable bonds is 3. The van der Waals surface area contributed by atoms with Crippen LogP contribution in [0.15, 0.2) is 17.8 Å². The zero-order valence-corrected chi connectivity index (χ0v) is 7.14. The van der Waals surface area contributed by atoms with E-state index in [-0.39, 0.29) is 0 Å². The van der Waals surface area contributed by atoms with Crippen molar-refractivity contribution in [3.8, 4) is 0 Å². The van der Waals surface area contributed by atoms with E-state index in [4.69, 9.17) is 5.73 Å². The van der Waals surface area contributed by atoms with E-state index < -0.39 is 0 Å². The molecule has 0 saturated carbocycles. The van der Waals surface area contributed by atoms with Crippen molar-refractivity contribution in [1.82, 2.24) is 14.8 Å². The zero-order valence-electron chi connectivity index (χ0n) is 6.32. The van der Waals surface area contributed by atoms with Gasteiger partial charge in [-0.15, -0.1) is 16.8 Å². The zero-order chi connectivity index (χ0) is 8.27. The van der Waals surface area contributed by atoms with E-state index in [0.29, 0.717) is 12.5 Å². The predicted octanol–water partition coefficient (Wildman–Crippen LogP) is 0.768. The fourth-order valence-electron chi connectivity index (χ4n) is 0.752. The normalized spacial score (nSPS) is 9.91. The van der Waals surface area contributed by atoms with Crippen LogP contribution in [0.2, 0.25) is 0 Å². The molecule has 0 saturated heterocycles. The molecule has 11 heavy (non-hydrogen) atoms. The van der Waals surface area contributed by atoms with Crippen LogP contribution in [-0.4, -0.2) is 21.0 Å². The highest BCUT2D eigenvalue weighted by Crippen LogP contribution is 2.13. The quantitative estimate of drug-likeness (QED) is 0.537. The van der Waals surface area contributed by atoms with Crippen molar-refractivity contribution in [2.45, 2.75) is 11.7 Å². The van der Waals surface area contributed by atoms with Crippen molar-refractivity contribution in [1.29, 1.82) is 0 Å². The fraction of sp³-hybridized carbons (Fsp3) is 0.333. The van der Waals surface area contributed by atoms with Crippen LogP contribution in [0.4, 0.5) is 5.95 Å². The molecule has 1 aromatic rings.